The molecule has 1 amide bonds. The van der Waals surface area contributed by atoms with Crippen LogP contribution in [0.5, 0.6) is 11.5 Å². The normalized spacial score (nSPS) is 11.0. The molecule has 30 heavy (non-hydrogen) atoms. The van der Waals surface area contributed by atoms with Gasteiger partial charge in [0, 0.05) is 5.56 Å². The number of furan rings is 1. The van der Waals surface area contributed by atoms with Crippen LogP contribution in [0, 0.1) is 0 Å². The lowest BCUT2D eigenvalue weighted by atomic mass is 10.1. The summed E-state index contributed by atoms with van der Waals surface area (Å²) in [5.41, 5.74) is 3.82. The molecule has 6 nitrogen and oxygen atoms in total. The van der Waals surface area contributed by atoms with Crippen LogP contribution in [0.25, 0.3) is 11.3 Å². The number of ether oxygens (including phenoxy) is 2. The second kappa shape index (κ2) is 9.89. The Kier molecular flexibility index (Phi) is 7.26. The monoisotopic (exact) mass is 466 g/mol. The number of carbonyl (C=O) groups excluding carboxylic acids is 1. The number of halogens is 3. The molecule has 2 aromatic carbocycles. The van der Waals surface area contributed by atoms with E-state index >= 15 is 0 Å². The number of hydrazone groups is 1. The van der Waals surface area contributed by atoms with E-state index in [9.17, 15) is 4.79 Å². The van der Waals surface area contributed by atoms with Gasteiger partial charge in [-0.15, -0.1) is 0 Å². The molecule has 3 rings (SSSR count). The fourth-order valence-corrected chi connectivity index (χ4v) is 3.30. The fraction of sp³-hybridized carbons (Fsp3) is 0.143. The van der Waals surface area contributed by atoms with Crippen LogP contribution in [0.15, 0.2) is 52.0 Å². The van der Waals surface area contributed by atoms with Crippen LogP contribution in [-0.2, 0) is 11.2 Å². The molecule has 0 bridgehead atoms. The molecule has 1 aromatic heterocycles. The van der Waals surface area contributed by atoms with Crippen molar-refractivity contribution in [1.29, 1.82) is 0 Å². The number of hydrogen-bond donors (Lipinski definition) is 1. The summed E-state index contributed by atoms with van der Waals surface area (Å²) in [5.74, 6) is 1.78. The molecule has 0 fully saturated rings. The summed E-state index contributed by atoms with van der Waals surface area (Å²) in [7, 11) is 3.09. The average Bonchev–Trinajstić information content (AvgIpc) is 3.19. The molecule has 0 spiro atoms. The van der Waals surface area contributed by atoms with Crippen LogP contribution < -0.4 is 14.9 Å². The van der Waals surface area contributed by atoms with Crippen molar-refractivity contribution in [2.45, 2.75) is 6.42 Å². The van der Waals surface area contributed by atoms with Crippen LogP contribution in [0.2, 0.25) is 15.1 Å². The first-order chi connectivity index (χ1) is 14.4. The average molecular weight is 468 g/mol. The molecule has 0 aliphatic heterocycles. The Morgan fingerprint density at radius 1 is 1.00 bits per heavy atom. The summed E-state index contributed by atoms with van der Waals surface area (Å²) >= 11 is 18.2. The Balaban J connectivity index is 1.62. The Morgan fingerprint density at radius 3 is 2.47 bits per heavy atom. The second-order valence-electron chi connectivity index (χ2n) is 6.11. The topological polar surface area (TPSA) is 73.1 Å². The Labute approximate surface area is 188 Å². The molecule has 0 unspecified atom stereocenters. The highest BCUT2D eigenvalue weighted by molar-refractivity contribution is 6.44. The first kappa shape index (κ1) is 22.0. The summed E-state index contributed by atoms with van der Waals surface area (Å²) in [6, 6.07) is 11.8. The lowest BCUT2D eigenvalue weighted by Crippen LogP contribution is -2.19. The number of methoxy groups -OCH3 is 2. The number of nitrogens with one attached hydrogen (secondary N) is 1. The maximum Gasteiger partial charge on any atom is 0.244 e. The van der Waals surface area contributed by atoms with Gasteiger partial charge in [0.15, 0.2) is 11.5 Å². The molecule has 1 heterocycles. The number of amides is 1. The highest BCUT2D eigenvalue weighted by atomic mass is 35.5. The van der Waals surface area contributed by atoms with E-state index in [4.69, 9.17) is 48.7 Å². The lowest BCUT2D eigenvalue weighted by Gasteiger charge is -2.09. The third kappa shape index (κ3) is 5.27. The van der Waals surface area contributed by atoms with Gasteiger partial charge in [-0.1, -0.05) is 40.9 Å². The second-order valence-corrected chi connectivity index (χ2v) is 7.33. The Bertz CT molecular complexity index is 1100. The van der Waals surface area contributed by atoms with Gasteiger partial charge in [0.2, 0.25) is 5.91 Å². The maximum absolute atomic E-state index is 12.1. The first-order valence-electron chi connectivity index (χ1n) is 8.69. The van der Waals surface area contributed by atoms with E-state index in [0.717, 1.165) is 5.56 Å². The van der Waals surface area contributed by atoms with Crippen molar-refractivity contribution >= 4 is 46.9 Å². The summed E-state index contributed by atoms with van der Waals surface area (Å²) in [5, 5.41) is 5.05. The predicted molar refractivity (Wildman–Crippen MR) is 118 cm³/mol. The third-order valence-corrected chi connectivity index (χ3v) is 5.13. The van der Waals surface area contributed by atoms with Crippen LogP contribution >= 0.6 is 34.8 Å². The number of nitrogens with zero attached hydrogens (tertiary/aromatic N) is 1. The van der Waals surface area contributed by atoms with E-state index in [1.165, 1.54) is 13.3 Å². The van der Waals surface area contributed by atoms with Crippen molar-refractivity contribution in [3.63, 3.8) is 0 Å². The standard InChI is InChI=1S/C21H17Cl3N2O4/c1-28-19-5-3-12(7-20(19)29-2)8-21(27)26-25-11-13-4-6-18(30-13)14-9-16(23)17(24)10-15(14)22/h3-7,9-11H,8H2,1-2H3,(H,26,27). The molecule has 1 N–H and O–H groups in total. The van der Waals surface area contributed by atoms with E-state index in [1.54, 1.807) is 49.6 Å². The minimum absolute atomic E-state index is 0.125. The smallest absolute Gasteiger partial charge is 0.244 e. The van der Waals surface area contributed by atoms with E-state index in [-0.39, 0.29) is 12.3 Å². The van der Waals surface area contributed by atoms with E-state index in [2.05, 4.69) is 10.5 Å². The van der Waals surface area contributed by atoms with E-state index in [0.29, 0.717) is 43.7 Å². The predicted octanol–water partition coefficient (Wildman–Crippen LogP) is 5.62. The number of hydrogen-bond acceptors (Lipinski definition) is 5. The molecule has 0 radical (unpaired) electrons. The number of carbonyl (C=O) groups is 1. The molecular weight excluding hydrogens is 451 g/mol. The molecule has 0 saturated carbocycles. The van der Waals surface area contributed by atoms with Gasteiger partial charge in [0.25, 0.3) is 0 Å². The SMILES string of the molecule is COc1ccc(CC(=O)NN=Cc2ccc(-c3cc(Cl)c(Cl)cc3Cl)o2)cc1OC. The minimum Gasteiger partial charge on any atom is -0.493 e. The van der Waals surface area contributed by atoms with E-state index in [1.807, 2.05) is 0 Å². The van der Waals surface area contributed by atoms with E-state index < -0.39 is 0 Å². The molecule has 3 aromatic rings. The van der Waals surface area contributed by atoms with Crippen LogP contribution in [-0.4, -0.2) is 26.3 Å². The van der Waals surface area contributed by atoms with Crippen molar-refractivity contribution in [2.24, 2.45) is 5.10 Å². The highest BCUT2D eigenvalue weighted by Gasteiger charge is 2.12. The fourth-order valence-electron chi connectivity index (χ4n) is 2.66. The van der Waals surface area contributed by atoms with Gasteiger partial charge in [-0.05, 0) is 42.0 Å². The summed E-state index contributed by atoms with van der Waals surface area (Å²) in [6.07, 6.45) is 1.52. The molecule has 0 aliphatic carbocycles. The van der Waals surface area contributed by atoms with Crippen molar-refractivity contribution in [1.82, 2.24) is 5.43 Å². The maximum atomic E-state index is 12.1. The Hall–Kier alpha value is -2.67. The summed E-state index contributed by atoms with van der Waals surface area (Å²) in [4.78, 5) is 12.1. The summed E-state index contributed by atoms with van der Waals surface area (Å²) < 4.78 is 16.1. The van der Waals surface area contributed by atoms with Crippen molar-refractivity contribution in [3.8, 4) is 22.8 Å². The van der Waals surface area contributed by atoms with Crippen molar-refractivity contribution in [3.05, 3.63) is 68.9 Å². The van der Waals surface area contributed by atoms with Gasteiger partial charge in [0.1, 0.15) is 11.5 Å². The van der Waals surface area contributed by atoms with Crippen LogP contribution in [0.1, 0.15) is 11.3 Å². The van der Waals surface area contributed by atoms with Crippen molar-refractivity contribution in [2.75, 3.05) is 14.2 Å². The number of benzene rings is 2. The third-order valence-electron chi connectivity index (χ3n) is 4.10. The van der Waals surface area contributed by atoms with Gasteiger partial charge >= 0.3 is 0 Å². The van der Waals surface area contributed by atoms with Gasteiger partial charge in [-0.25, -0.2) is 5.43 Å². The van der Waals surface area contributed by atoms with Gasteiger partial charge in [0.05, 0.1) is 41.9 Å². The zero-order valence-corrected chi connectivity index (χ0v) is 18.3. The van der Waals surface area contributed by atoms with Gasteiger partial charge in [-0.2, -0.15) is 5.10 Å². The number of rotatable bonds is 7. The zero-order chi connectivity index (χ0) is 21.7. The minimum atomic E-state index is -0.294. The first-order valence-corrected chi connectivity index (χ1v) is 9.82. The van der Waals surface area contributed by atoms with Crippen LogP contribution in [0.4, 0.5) is 0 Å². The van der Waals surface area contributed by atoms with Gasteiger partial charge < -0.3 is 13.9 Å². The molecular formula is C21H17Cl3N2O4. The quantitative estimate of drug-likeness (QED) is 0.278. The molecule has 0 saturated heterocycles. The van der Waals surface area contributed by atoms with Crippen LogP contribution in [0.3, 0.4) is 0 Å². The molecule has 0 aliphatic rings. The molecule has 156 valence electrons. The van der Waals surface area contributed by atoms with Gasteiger partial charge in [-0.3, -0.25) is 4.79 Å². The largest absolute Gasteiger partial charge is 0.493 e. The zero-order valence-electron chi connectivity index (χ0n) is 16.0. The molecule has 9 heteroatoms. The lowest BCUT2D eigenvalue weighted by molar-refractivity contribution is -0.120. The van der Waals surface area contributed by atoms with Crippen molar-refractivity contribution < 1.29 is 18.7 Å². The summed E-state index contributed by atoms with van der Waals surface area (Å²) in [6.45, 7) is 0. The highest BCUT2D eigenvalue weighted by Crippen LogP contribution is 2.35. The Morgan fingerprint density at radius 2 is 1.73 bits per heavy atom. The molecule has 0 atom stereocenters.